The highest BCUT2D eigenvalue weighted by molar-refractivity contribution is 7.91. The molecule has 3 N–H and O–H groups in total. The maximum atomic E-state index is 11.0. The second kappa shape index (κ2) is 2.70. The highest BCUT2D eigenvalue weighted by atomic mass is 32.2. The van der Waals surface area contributed by atoms with Gasteiger partial charge >= 0.3 is 5.97 Å². The highest BCUT2D eigenvalue weighted by Crippen LogP contribution is 2.31. The fourth-order valence-electron chi connectivity index (χ4n) is 1.33. The number of sulfone groups is 1. The third-order valence-corrected chi connectivity index (χ3v) is 4.05. The quantitative estimate of drug-likeness (QED) is 0.576. The van der Waals surface area contributed by atoms with E-state index in [2.05, 4.69) is 0 Å². The van der Waals surface area contributed by atoms with E-state index < -0.39 is 21.2 Å². The van der Waals surface area contributed by atoms with Gasteiger partial charge in [0.25, 0.3) is 0 Å². The van der Waals surface area contributed by atoms with E-state index in [9.17, 15) is 13.2 Å². The van der Waals surface area contributed by atoms with Crippen LogP contribution in [0.3, 0.4) is 0 Å². The second-order valence-corrected chi connectivity index (χ2v) is 5.32. The van der Waals surface area contributed by atoms with Gasteiger partial charge in [0.05, 0.1) is 16.9 Å². The molecule has 0 bridgehead atoms. The van der Waals surface area contributed by atoms with Gasteiger partial charge in [0.15, 0.2) is 9.84 Å². The summed E-state index contributed by atoms with van der Waals surface area (Å²) in [6.45, 7) is -0.110. The van der Waals surface area contributed by atoms with Gasteiger partial charge in [0, 0.05) is 6.54 Å². The van der Waals surface area contributed by atoms with Crippen molar-refractivity contribution in [2.24, 2.45) is 11.1 Å². The Morgan fingerprint density at radius 1 is 1.58 bits per heavy atom. The largest absolute Gasteiger partial charge is 0.481 e. The first-order valence-electron chi connectivity index (χ1n) is 3.56. The van der Waals surface area contributed by atoms with Crippen LogP contribution in [0.25, 0.3) is 0 Å². The topological polar surface area (TPSA) is 97.5 Å². The highest BCUT2D eigenvalue weighted by Gasteiger charge is 2.47. The Hall–Kier alpha value is -0.620. The molecule has 0 spiro atoms. The van der Waals surface area contributed by atoms with Crippen molar-refractivity contribution in [1.82, 2.24) is 0 Å². The van der Waals surface area contributed by atoms with Crippen LogP contribution in [0.5, 0.6) is 0 Å². The van der Waals surface area contributed by atoms with E-state index in [0.717, 1.165) is 0 Å². The van der Waals surface area contributed by atoms with Crippen LogP contribution in [0.4, 0.5) is 0 Å². The molecule has 1 aliphatic rings. The molecule has 0 radical (unpaired) electrons. The van der Waals surface area contributed by atoms with Crippen LogP contribution < -0.4 is 5.73 Å². The van der Waals surface area contributed by atoms with Crippen LogP contribution in [-0.4, -0.2) is 37.5 Å². The third-order valence-electron chi connectivity index (χ3n) is 2.23. The van der Waals surface area contributed by atoms with E-state index in [4.69, 9.17) is 10.8 Å². The number of hydrogen-bond acceptors (Lipinski definition) is 4. The molecule has 0 saturated carbocycles. The summed E-state index contributed by atoms with van der Waals surface area (Å²) in [5.41, 5.74) is 4.02. The SMILES string of the molecule is NCC1(C(=O)O)CCS(=O)(=O)C1. The van der Waals surface area contributed by atoms with Crippen LogP contribution in [0.15, 0.2) is 0 Å². The van der Waals surface area contributed by atoms with Crippen LogP contribution in [0.1, 0.15) is 6.42 Å². The van der Waals surface area contributed by atoms with Gasteiger partial charge in [-0.15, -0.1) is 0 Å². The van der Waals surface area contributed by atoms with Gasteiger partial charge in [-0.05, 0) is 6.42 Å². The molecule has 1 rings (SSSR count). The Morgan fingerprint density at radius 2 is 2.17 bits per heavy atom. The maximum Gasteiger partial charge on any atom is 0.311 e. The zero-order valence-electron chi connectivity index (χ0n) is 6.49. The molecule has 1 fully saturated rings. The minimum Gasteiger partial charge on any atom is -0.481 e. The molecule has 5 nitrogen and oxygen atoms in total. The summed E-state index contributed by atoms with van der Waals surface area (Å²) >= 11 is 0. The lowest BCUT2D eigenvalue weighted by Gasteiger charge is -2.18. The first-order valence-corrected chi connectivity index (χ1v) is 5.38. The van der Waals surface area contributed by atoms with E-state index in [1.165, 1.54) is 0 Å². The van der Waals surface area contributed by atoms with Crippen molar-refractivity contribution in [3.63, 3.8) is 0 Å². The summed E-state index contributed by atoms with van der Waals surface area (Å²) in [5, 5.41) is 8.75. The van der Waals surface area contributed by atoms with Crippen molar-refractivity contribution in [3.05, 3.63) is 0 Å². The van der Waals surface area contributed by atoms with Crippen molar-refractivity contribution in [2.45, 2.75) is 6.42 Å². The first kappa shape index (κ1) is 9.47. The number of rotatable bonds is 2. The Kier molecular flexibility index (Phi) is 2.13. The standard InChI is InChI=1S/C6H11NO4S/c7-3-6(5(8)9)1-2-12(10,11)4-6/h1-4,7H2,(H,8,9). The van der Waals surface area contributed by atoms with Gasteiger partial charge in [-0.25, -0.2) is 8.42 Å². The van der Waals surface area contributed by atoms with E-state index in [1.54, 1.807) is 0 Å². The van der Waals surface area contributed by atoms with E-state index >= 15 is 0 Å². The Labute approximate surface area is 70.5 Å². The summed E-state index contributed by atoms with van der Waals surface area (Å²) in [7, 11) is -3.17. The van der Waals surface area contributed by atoms with Crippen molar-refractivity contribution in [1.29, 1.82) is 0 Å². The van der Waals surface area contributed by atoms with Gasteiger partial charge in [0.2, 0.25) is 0 Å². The third kappa shape index (κ3) is 1.44. The fourth-order valence-corrected chi connectivity index (χ4v) is 3.41. The summed E-state index contributed by atoms with van der Waals surface area (Å²) in [6, 6.07) is 0. The van der Waals surface area contributed by atoms with Crippen molar-refractivity contribution >= 4 is 15.8 Å². The minimum absolute atomic E-state index is 0.0590. The zero-order chi connectivity index (χ0) is 9.41. The summed E-state index contributed by atoms with van der Waals surface area (Å²) in [5.74, 6) is -1.48. The van der Waals surface area contributed by atoms with Gasteiger partial charge in [-0.1, -0.05) is 0 Å². The summed E-state index contributed by atoms with van der Waals surface area (Å²) < 4.78 is 22.0. The maximum absolute atomic E-state index is 11.0. The molecule has 6 heteroatoms. The predicted octanol–water partition coefficient (Wildman–Crippen LogP) is -1.17. The lowest BCUT2D eigenvalue weighted by Crippen LogP contribution is -2.39. The zero-order valence-corrected chi connectivity index (χ0v) is 7.30. The molecule has 0 aromatic carbocycles. The fraction of sp³-hybridized carbons (Fsp3) is 0.833. The van der Waals surface area contributed by atoms with Crippen LogP contribution in [0, 0.1) is 5.41 Å². The molecule has 0 aliphatic carbocycles. The molecule has 1 aliphatic heterocycles. The second-order valence-electron chi connectivity index (χ2n) is 3.13. The monoisotopic (exact) mass is 193 g/mol. The number of carboxylic acids is 1. The van der Waals surface area contributed by atoms with Crippen molar-refractivity contribution < 1.29 is 18.3 Å². The predicted molar refractivity (Wildman–Crippen MR) is 42.4 cm³/mol. The van der Waals surface area contributed by atoms with Gasteiger partial charge in [-0.3, -0.25) is 4.79 Å². The van der Waals surface area contributed by atoms with Gasteiger partial charge in [-0.2, -0.15) is 0 Å². The first-order chi connectivity index (χ1) is 5.42. The molecule has 70 valence electrons. The van der Waals surface area contributed by atoms with E-state index in [-0.39, 0.29) is 24.5 Å². The van der Waals surface area contributed by atoms with Crippen LogP contribution >= 0.6 is 0 Å². The van der Waals surface area contributed by atoms with Gasteiger partial charge in [0.1, 0.15) is 0 Å². The smallest absolute Gasteiger partial charge is 0.311 e. The van der Waals surface area contributed by atoms with Crippen LogP contribution in [-0.2, 0) is 14.6 Å². The van der Waals surface area contributed by atoms with E-state index in [1.807, 2.05) is 0 Å². The summed E-state index contributed by atoms with van der Waals surface area (Å²) in [4.78, 5) is 10.7. The lowest BCUT2D eigenvalue weighted by atomic mass is 9.88. The summed E-state index contributed by atoms with van der Waals surface area (Å²) in [6.07, 6.45) is 0.140. The number of carboxylic acid groups (broad SMARTS) is 1. The number of hydrogen-bond donors (Lipinski definition) is 2. The average molecular weight is 193 g/mol. The Balaban J connectivity index is 2.95. The average Bonchev–Trinajstić information content (AvgIpc) is 2.27. The number of nitrogens with two attached hydrogens (primary N) is 1. The van der Waals surface area contributed by atoms with Gasteiger partial charge < -0.3 is 10.8 Å². The molecule has 12 heavy (non-hydrogen) atoms. The number of aliphatic carboxylic acids is 1. The number of carbonyl (C=O) groups is 1. The minimum atomic E-state index is -3.17. The molecule has 1 unspecified atom stereocenters. The molecular weight excluding hydrogens is 182 g/mol. The molecular formula is C6H11NO4S. The van der Waals surface area contributed by atoms with E-state index in [0.29, 0.717) is 0 Å². The molecule has 1 saturated heterocycles. The Bertz CT molecular complexity index is 297. The molecule has 0 aromatic heterocycles. The normalized spacial score (nSPS) is 33.4. The van der Waals surface area contributed by atoms with Crippen LogP contribution in [0.2, 0.25) is 0 Å². The molecule has 1 heterocycles. The molecule has 0 amide bonds. The molecule has 1 atom stereocenters. The van der Waals surface area contributed by atoms with Crippen molar-refractivity contribution in [3.8, 4) is 0 Å². The lowest BCUT2D eigenvalue weighted by molar-refractivity contribution is -0.146. The molecule has 0 aromatic rings. The van der Waals surface area contributed by atoms with Crippen molar-refractivity contribution in [2.75, 3.05) is 18.1 Å². The Morgan fingerprint density at radius 3 is 2.33 bits per heavy atom.